The molecule has 0 amide bonds. The summed E-state index contributed by atoms with van der Waals surface area (Å²) in [6.07, 6.45) is 2.19. The molecule has 0 radical (unpaired) electrons. The van der Waals surface area contributed by atoms with E-state index in [9.17, 15) is 5.11 Å². The SMILES string of the molecule is COc1cc2c(cc1/C(C(C)=N)=C(\C)O)nc(-c1c(C)noc1C)c1nnc(Cc3ccccn3)n12. The molecule has 0 unspecified atom stereocenters. The second-order valence-corrected chi connectivity index (χ2v) is 8.56. The molecule has 2 N–H and O–H groups in total. The third kappa shape index (κ3) is 3.76. The van der Waals surface area contributed by atoms with Crippen molar-refractivity contribution in [3.63, 3.8) is 0 Å². The Morgan fingerprint density at radius 3 is 2.58 bits per heavy atom. The van der Waals surface area contributed by atoms with E-state index in [1.807, 2.05) is 48.6 Å². The normalized spacial score (nSPS) is 12.2. The molecule has 0 aliphatic heterocycles. The molecule has 36 heavy (non-hydrogen) atoms. The lowest BCUT2D eigenvalue weighted by atomic mass is 9.98. The van der Waals surface area contributed by atoms with Crippen LogP contribution in [0.4, 0.5) is 0 Å². The minimum atomic E-state index is 0.0207. The fraction of sp³-hybridized carbons (Fsp3) is 0.231. The molecule has 0 saturated heterocycles. The number of fused-ring (bicyclic) bond motifs is 3. The first-order valence-electron chi connectivity index (χ1n) is 11.3. The number of pyridine rings is 1. The molecule has 5 aromatic rings. The van der Waals surface area contributed by atoms with E-state index in [0.29, 0.717) is 57.4 Å². The van der Waals surface area contributed by atoms with Gasteiger partial charge in [0.2, 0.25) is 0 Å². The molecule has 4 heterocycles. The highest BCUT2D eigenvalue weighted by molar-refractivity contribution is 6.22. The first-order chi connectivity index (χ1) is 17.3. The molecule has 5 rings (SSSR count). The Balaban J connectivity index is 1.89. The highest BCUT2D eigenvalue weighted by atomic mass is 16.5. The molecule has 1 aromatic carbocycles. The molecule has 0 atom stereocenters. The lowest BCUT2D eigenvalue weighted by Crippen LogP contribution is -2.06. The van der Waals surface area contributed by atoms with Gasteiger partial charge in [-0.05, 0) is 45.9 Å². The van der Waals surface area contributed by atoms with E-state index in [2.05, 4.69) is 20.3 Å². The van der Waals surface area contributed by atoms with Crippen LogP contribution in [0.3, 0.4) is 0 Å². The van der Waals surface area contributed by atoms with Crippen LogP contribution in [0.5, 0.6) is 5.75 Å². The number of hydrogen-bond donors (Lipinski definition) is 2. The number of hydrogen-bond acceptors (Lipinski definition) is 9. The van der Waals surface area contributed by atoms with Crippen LogP contribution in [-0.4, -0.2) is 47.7 Å². The number of allylic oxidation sites excluding steroid dienone is 2. The monoisotopic (exact) mass is 483 g/mol. The van der Waals surface area contributed by atoms with Gasteiger partial charge < -0.3 is 19.8 Å². The number of benzene rings is 1. The van der Waals surface area contributed by atoms with Crippen molar-refractivity contribution >= 4 is 28.0 Å². The second kappa shape index (κ2) is 8.88. The second-order valence-electron chi connectivity index (χ2n) is 8.56. The quantitative estimate of drug-likeness (QED) is 0.258. The standard InChI is InChI=1S/C26H25N7O3/c1-13(27)23(15(3)34)18-11-19-20(12-21(18)35-5)33-22(10-17-8-6-7-9-28-17)30-31-26(33)25(29-19)24-14(2)32-36-16(24)4/h6-9,11-12,27,34H,10H2,1-5H3/b23-15+,27-13?. The molecule has 4 aromatic heterocycles. The molecular weight excluding hydrogens is 458 g/mol. The number of nitrogens with one attached hydrogen (secondary N) is 1. The molecule has 0 spiro atoms. The number of nitrogens with zero attached hydrogens (tertiary/aromatic N) is 6. The summed E-state index contributed by atoms with van der Waals surface area (Å²) in [7, 11) is 1.55. The first-order valence-corrected chi connectivity index (χ1v) is 11.3. The fourth-order valence-corrected chi connectivity index (χ4v) is 4.52. The van der Waals surface area contributed by atoms with E-state index in [-0.39, 0.29) is 11.5 Å². The summed E-state index contributed by atoms with van der Waals surface area (Å²) < 4.78 is 13.1. The van der Waals surface area contributed by atoms with E-state index in [0.717, 1.165) is 16.8 Å². The topological polar surface area (TPSA) is 135 Å². The lowest BCUT2D eigenvalue weighted by molar-refractivity contribution is 0.393. The summed E-state index contributed by atoms with van der Waals surface area (Å²) in [6.45, 7) is 6.85. The molecular formula is C26H25N7O3. The van der Waals surface area contributed by atoms with E-state index in [1.165, 1.54) is 0 Å². The number of ether oxygens (including phenoxy) is 1. The van der Waals surface area contributed by atoms with Gasteiger partial charge in [0.25, 0.3) is 0 Å². The number of rotatable bonds is 6. The van der Waals surface area contributed by atoms with Crippen LogP contribution in [0.25, 0.3) is 33.5 Å². The van der Waals surface area contributed by atoms with Gasteiger partial charge in [-0.15, -0.1) is 10.2 Å². The van der Waals surface area contributed by atoms with E-state index < -0.39 is 0 Å². The van der Waals surface area contributed by atoms with Crippen molar-refractivity contribution < 1.29 is 14.4 Å². The number of aryl methyl sites for hydroxylation is 2. The Labute approximate surface area is 206 Å². The summed E-state index contributed by atoms with van der Waals surface area (Å²) in [6, 6.07) is 9.38. The zero-order valence-corrected chi connectivity index (χ0v) is 20.6. The summed E-state index contributed by atoms with van der Waals surface area (Å²) >= 11 is 0. The van der Waals surface area contributed by atoms with E-state index >= 15 is 0 Å². The fourth-order valence-electron chi connectivity index (χ4n) is 4.52. The van der Waals surface area contributed by atoms with Gasteiger partial charge in [-0.3, -0.25) is 9.38 Å². The van der Waals surface area contributed by atoms with Crippen molar-refractivity contribution in [1.29, 1.82) is 5.41 Å². The maximum atomic E-state index is 10.4. The van der Waals surface area contributed by atoms with Crippen molar-refractivity contribution in [2.75, 3.05) is 7.11 Å². The zero-order valence-electron chi connectivity index (χ0n) is 20.6. The molecule has 0 fully saturated rings. The van der Waals surface area contributed by atoms with Crippen molar-refractivity contribution in [1.82, 2.24) is 29.7 Å². The Bertz CT molecular complexity index is 1640. The van der Waals surface area contributed by atoms with Gasteiger partial charge in [-0.1, -0.05) is 11.2 Å². The van der Waals surface area contributed by atoms with E-state index in [1.54, 1.807) is 27.2 Å². The lowest BCUT2D eigenvalue weighted by Gasteiger charge is -2.15. The molecule has 182 valence electrons. The Morgan fingerprint density at radius 1 is 1.17 bits per heavy atom. The minimum absolute atomic E-state index is 0.0207. The van der Waals surface area contributed by atoms with Crippen LogP contribution in [-0.2, 0) is 6.42 Å². The van der Waals surface area contributed by atoms with Crippen molar-refractivity contribution in [2.45, 2.75) is 34.1 Å². The number of methoxy groups -OCH3 is 1. The summed E-state index contributed by atoms with van der Waals surface area (Å²) in [5.74, 6) is 1.80. The van der Waals surface area contributed by atoms with Gasteiger partial charge in [-0.2, -0.15) is 0 Å². The predicted octanol–water partition coefficient (Wildman–Crippen LogP) is 4.87. The maximum Gasteiger partial charge on any atom is 0.188 e. The highest BCUT2D eigenvalue weighted by Gasteiger charge is 2.24. The number of aliphatic hydroxyl groups is 1. The van der Waals surface area contributed by atoms with Crippen molar-refractivity contribution in [3.05, 3.63) is 70.8 Å². The Kier molecular flexibility index (Phi) is 5.71. The minimum Gasteiger partial charge on any atom is -0.512 e. The molecule has 10 nitrogen and oxygen atoms in total. The van der Waals surface area contributed by atoms with Crippen LogP contribution in [0.2, 0.25) is 0 Å². The highest BCUT2D eigenvalue weighted by Crippen LogP contribution is 2.36. The molecule has 0 bridgehead atoms. The molecule has 0 aliphatic carbocycles. The zero-order chi connectivity index (χ0) is 25.6. The van der Waals surface area contributed by atoms with E-state index in [4.69, 9.17) is 19.7 Å². The average molecular weight is 484 g/mol. The smallest absolute Gasteiger partial charge is 0.188 e. The third-order valence-electron chi connectivity index (χ3n) is 6.05. The van der Waals surface area contributed by atoms with Crippen LogP contribution in [0.15, 0.2) is 46.8 Å². The summed E-state index contributed by atoms with van der Waals surface area (Å²) in [5.41, 5.74) is 5.88. The van der Waals surface area contributed by atoms with Gasteiger partial charge in [0, 0.05) is 34.8 Å². The largest absolute Gasteiger partial charge is 0.512 e. The molecule has 0 aliphatic rings. The van der Waals surface area contributed by atoms with Crippen molar-refractivity contribution in [2.24, 2.45) is 0 Å². The van der Waals surface area contributed by atoms with Gasteiger partial charge in [0.05, 0.1) is 41.6 Å². The van der Waals surface area contributed by atoms with Gasteiger partial charge in [0.1, 0.15) is 23.0 Å². The first kappa shape index (κ1) is 23.2. The Morgan fingerprint density at radius 2 is 1.97 bits per heavy atom. The van der Waals surface area contributed by atoms with Gasteiger partial charge >= 0.3 is 0 Å². The van der Waals surface area contributed by atoms with Gasteiger partial charge in [-0.25, -0.2) is 4.98 Å². The van der Waals surface area contributed by atoms with Crippen LogP contribution in [0, 0.1) is 19.3 Å². The third-order valence-corrected chi connectivity index (χ3v) is 6.05. The predicted molar refractivity (Wildman–Crippen MR) is 135 cm³/mol. The van der Waals surface area contributed by atoms with Crippen molar-refractivity contribution in [3.8, 4) is 17.0 Å². The van der Waals surface area contributed by atoms with Crippen LogP contribution in [0.1, 0.15) is 42.4 Å². The van der Waals surface area contributed by atoms with Gasteiger partial charge in [0.15, 0.2) is 5.65 Å². The maximum absolute atomic E-state index is 10.4. The molecule has 0 saturated carbocycles. The summed E-state index contributed by atoms with van der Waals surface area (Å²) in [5, 5.41) is 31.7. The average Bonchev–Trinajstić information content (AvgIpc) is 3.41. The Hall–Kier alpha value is -4.60. The van der Waals surface area contributed by atoms with Crippen LogP contribution < -0.4 is 4.74 Å². The summed E-state index contributed by atoms with van der Waals surface area (Å²) in [4.78, 5) is 9.40. The number of aliphatic hydroxyl groups excluding tert-OH is 1. The van der Waals surface area contributed by atoms with Crippen LogP contribution >= 0.6 is 0 Å². The number of aromatic nitrogens is 6. The molecule has 10 heteroatoms.